The number of hydrogen-bond donors (Lipinski definition) is 2. The van der Waals surface area contributed by atoms with Gasteiger partial charge in [0.05, 0.1) is 5.54 Å². The van der Waals surface area contributed by atoms with Crippen LogP contribution in [0.5, 0.6) is 0 Å². The molecule has 0 unspecified atom stereocenters. The Kier molecular flexibility index (Phi) is 1.49. The van der Waals surface area contributed by atoms with Crippen molar-refractivity contribution in [3.63, 3.8) is 0 Å². The van der Waals surface area contributed by atoms with Crippen LogP contribution in [0.1, 0.15) is 19.8 Å². The Morgan fingerprint density at radius 2 is 2.22 bits per heavy atom. The highest BCUT2D eigenvalue weighted by Crippen LogP contribution is 2.37. The standard InChI is InChI=1S/C7H14N2/c1-3-6(9-2)7(8)4-5-7/h3,9H,4-5,8H2,1-2H3/b6-3-. The number of rotatable bonds is 2. The van der Waals surface area contributed by atoms with Crippen LogP contribution < -0.4 is 11.1 Å². The molecule has 0 aromatic heterocycles. The zero-order valence-electron chi connectivity index (χ0n) is 6.07. The van der Waals surface area contributed by atoms with Gasteiger partial charge in [0.15, 0.2) is 0 Å². The van der Waals surface area contributed by atoms with E-state index in [4.69, 9.17) is 5.73 Å². The zero-order chi connectivity index (χ0) is 6.91. The summed E-state index contributed by atoms with van der Waals surface area (Å²) in [5.41, 5.74) is 7.08. The van der Waals surface area contributed by atoms with E-state index in [9.17, 15) is 0 Å². The lowest BCUT2D eigenvalue weighted by Crippen LogP contribution is -2.31. The molecule has 0 aromatic rings. The first-order valence-electron chi connectivity index (χ1n) is 3.36. The monoisotopic (exact) mass is 126 g/mol. The van der Waals surface area contributed by atoms with Crippen molar-refractivity contribution in [1.29, 1.82) is 0 Å². The fourth-order valence-corrected chi connectivity index (χ4v) is 1.08. The Hall–Kier alpha value is -0.500. The summed E-state index contributed by atoms with van der Waals surface area (Å²) in [4.78, 5) is 0. The molecule has 9 heavy (non-hydrogen) atoms. The Bertz CT molecular complexity index is 134. The van der Waals surface area contributed by atoms with E-state index in [1.807, 2.05) is 20.0 Å². The highest BCUT2D eigenvalue weighted by Gasteiger charge is 2.41. The van der Waals surface area contributed by atoms with Gasteiger partial charge in [-0.25, -0.2) is 0 Å². The van der Waals surface area contributed by atoms with Crippen LogP contribution in [0.4, 0.5) is 0 Å². The van der Waals surface area contributed by atoms with Gasteiger partial charge in [0.25, 0.3) is 0 Å². The Balaban J connectivity index is 2.58. The van der Waals surface area contributed by atoms with E-state index in [0.29, 0.717) is 0 Å². The molecular weight excluding hydrogens is 112 g/mol. The van der Waals surface area contributed by atoms with Crippen LogP contribution in [0.25, 0.3) is 0 Å². The highest BCUT2D eigenvalue weighted by atomic mass is 15.0. The molecule has 0 aromatic carbocycles. The molecule has 0 heterocycles. The zero-order valence-corrected chi connectivity index (χ0v) is 6.07. The minimum Gasteiger partial charge on any atom is -0.390 e. The summed E-state index contributed by atoms with van der Waals surface area (Å²) < 4.78 is 0. The van der Waals surface area contributed by atoms with E-state index in [1.54, 1.807) is 0 Å². The average Bonchev–Trinajstić information content (AvgIpc) is 2.52. The van der Waals surface area contributed by atoms with Gasteiger partial charge in [0, 0.05) is 12.7 Å². The van der Waals surface area contributed by atoms with Crippen LogP contribution in [0.15, 0.2) is 11.8 Å². The second-order valence-electron chi connectivity index (χ2n) is 2.61. The van der Waals surface area contributed by atoms with Crippen LogP contribution in [0.3, 0.4) is 0 Å². The SMILES string of the molecule is C/C=C(\NC)C1(N)CC1. The minimum absolute atomic E-state index is 0.0174. The third kappa shape index (κ3) is 1.08. The quantitative estimate of drug-likeness (QED) is 0.568. The van der Waals surface area contributed by atoms with E-state index in [2.05, 4.69) is 5.32 Å². The minimum atomic E-state index is 0.0174. The van der Waals surface area contributed by atoms with Crippen molar-refractivity contribution in [2.75, 3.05) is 7.05 Å². The molecule has 52 valence electrons. The summed E-state index contributed by atoms with van der Waals surface area (Å²) >= 11 is 0. The molecule has 0 aliphatic heterocycles. The number of nitrogens with two attached hydrogens (primary N) is 1. The molecule has 0 spiro atoms. The van der Waals surface area contributed by atoms with E-state index in [1.165, 1.54) is 5.70 Å². The molecule has 0 amide bonds. The van der Waals surface area contributed by atoms with Crippen LogP contribution in [0, 0.1) is 0 Å². The average molecular weight is 126 g/mol. The van der Waals surface area contributed by atoms with Crippen LogP contribution in [0.2, 0.25) is 0 Å². The number of likely N-dealkylation sites (N-methyl/N-ethyl adjacent to an activating group) is 1. The molecule has 2 nitrogen and oxygen atoms in total. The van der Waals surface area contributed by atoms with Gasteiger partial charge < -0.3 is 11.1 Å². The predicted molar refractivity (Wildman–Crippen MR) is 39.0 cm³/mol. The molecular formula is C7H14N2. The molecule has 1 aliphatic carbocycles. The molecule has 2 heteroatoms. The molecule has 0 radical (unpaired) electrons. The van der Waals surface area contributed by atoms with Crippen molar-refractivity contribution >= 4 is 0 Å². The largest absolute Gasteiger partial charge is 0.390 e. The third-order valence-corrected chi connectivity index (χ3v) is 1.88. The fraction of sp³-hybridized carbons (Fsp3) is 0.714. The van der Waals surface area contributed by atoms with Gasteiger partial charge in [-0.2, -0.15) is 0 Å². The van der Waals surface area contributed by atoms with Crippen LogP contribution in [-0.2, 0) is 0 Å². The normalized spacial score (nSPS) is 23.7. The lowest BCUT2D eigenvalue weighted by atomic mass is 10.2. The van der Waals surface area contributed by atoms with E-state index in [-0.39, 0.29) is 5.54 Å². The summed E-state index contributed by atoms with van der Waals surface area (Å²) in [6.07, 6.45) is 4.31. The molecule has 1 fully saturated rings. The van der Waals surface area contributed by atoms with Gasteiger partial charge in [0.1, 0.15) is 0 Å². The summed E-state index contributed by atoms with van der Waals surface area (Å²) in [7, 11) is 1.92. The lowest BCUT2D eigenvalue weighted by Gasteiger charge is -2.12. The second-order valence-corrected chi connectivity index (χ2v) is 2.61. The van der Waals surface area contributed by atoms with Crippen LogP contribution >= 0.6 is 0 Å². The fourth-order valence-electron chi connectivity index (χ4n) is 1.08. The van der Waals surface area contributed by atoms with E-state index >= 15 is 0 Å². The number of hydrogen-bond acceptors (Lipinski definition) is 2. The molecule has 1 rings (SSSR count). The molecule has 1 aliphatic rings. The van der Waals surface area contributed by atoms with E-state index < -0.39 is 0 Å². The first kappa shape index (κ1) is 6.62. The summed E-state index contributed by atoms with van der Waals surface area (Å²) in [6, 6.07) is 0. The Morgan fingerprint density at radius 3 is 2.33 bits per heavy atom. The van der Waals surface area contributed by atoms with Gasteiger partial charge in [-0.1, -0.05) is 6.08 Å². The van der Waals surface area contributed by atoms with Gasteiger partial charge in [-0.15, -0.1) is 0 Å². The van der Waals surface area contributed by atoms with Crippen LogP contribution in [-0.4, -0.2) is 12.6 Å². The Labute approximate surface area is 56.1 Å². The maximum Gasteiger partial charge on any atom is 0.0556 e. The second kappa shape index (κ2) is 2.03. The maximum absolute atomic E-state index is 5.88. The smallest absolute Gasteiger partial charge is 0.0556 e. The summed E-state index contributed by atoms with van der Waals surface area (Å²) in [5.74, 6) is 0. The highest BCUT2D eigenvalue weighted by molar-refractivity contribution is 5.24. The first-order valence-corrected chi connectivity index (χ1v) is 3.36. The lowest BCUT2D eigenvalue weighted by molar-refractivity contribution is 0.717. The van der Waals surface area contributed by atoms with Crippen molar-refractivity contribution in [1.82, 2.24) is 5.32 Å². The predicted octanol–water partition coefficient (Wildman–Crippen LogP) is 0.601. The topological polar surface area (TPSA) is 38.0 Å². The Morgan fingerprint density at radius 1 is 1.67 bits per heavy atom. The summed E-state index contributed by atoms with van der Waals surface area (Å²) in [5, 5.41) is 3.09. The van der Waals surface area contributed by atoms with Crippen molar-refractivity contribution in [2.45, 2.75) is 25.3 Å². The molecule has 0 saturated heterocycles. The molecule has 0 bridgehead atoms. The van der Waals surface area contributed by atoms with Crippen molar-refractivity contribution < 1.29 is 0 Å². The number of allylic oxidation sites excluding steroid dienone is 1. The van der Waals surface area contributed by atoms with Gasteiger partial charge >= 0.3 is 0 Å². The number of nitrogens with one attached hydrogen (secondary N) is 1. The maximum atomic E-state index is 5.88. The van der Waals surface area contributed by atoms with Gasteiger partial charge in [0.2, 0.25) is 0 Å². The molecule has 3 N–H and O–H groups in total. The van der Waals surface area contributed by atoms with Crippen molar-refractivity contribution in [3.8, 4) is 0 Å². The molecule has 0 atom stereocenters. The van der Waals surface area contributed by atoms with E-state index in [0.717, 1.165) is 12.8 Å². The third-order valence-electron chi connectivity index (χ3n) is 1.88. The van der Waals surface area contributed by atoms with Gasteiger partial charge in [-0.05, 0) is 19.8 Å². The van der Waals surface area contributed by atoms with Gasteiger partial charge in [-0.3, -0.25) is 0 Å². The first-order chi connectivity index (χ1) is 4.23. The summed E-state index contributed by atoms with van der Waals surface area (Å²) in [6.45, 7) is 2.01. The van der Waals surface area contributed by atoms with Crippen molar-refractivity contribution in [2.24, 2.45) is 5.73 Å². The molecule has 1 saturated carbocycles. The van der Waals surface area contributed by atoms with Crippen molar-refractivity contribution in [3.05, 3.63) is 11.8 Å².